The average Bonchev–Trinajstić information content (AvgIpc) is 1.23. The summed E-state index contributed by atoms with van der Waals surface area (Å²) in [5.41, 5.74) is 12.4. The SMILES string of the molecule is CN1C(=O)[C@@H](Cc2ccc(O)cc2)NC(=O)CNC(=O)[C@H](Cc2ccc3ccccc3c2)NC(=O)[C@H](CCCN=C(N)N)NC(=O)[C@H]1CCCNC(=O)CCCCNC(=O)CCCCNC(=O)CN(CCNCC(=O)O)CCN(CCNCC(=O)O)CC(=O)O. The topological polar surface area (TPSA) is 451 Å². The molecule has 4 atom stereocenters. The van der Waals surface area contributed by atoms with Crippen LogP contribution in [0.1, 0.15) is 75.3 Å². The minimum atomic E-state index is -1.27. The van der Waals surface area contributed by atoms with Crippen molar-refractivity contribution in [3.8, 4) is 5.75 Å². The van der Waals surface area contributed by atoms with Crippen molar-refractivity contribution < 1.29 is 73.2 Å². The van der Waals surface area contributed by atoms with Gasteiger partial charge in [-0.1, -0.05) is 54.6 Å². The Bertz CT molecular complexity index is 2890. The summed E-state index contributed by atoms with van der Waals surface area (Å²) in [7, 11) is 1.39. The Balaban J connectivity index is 1.30. The molecule has 1 heterocycles. The number of amides is 8. The molecule has 0 aliphatic carbocycles. The molecule has 494 valence electrons. The number of carbonyl (C=O) groups excluding carboxylic acids is 8. The molecule has 90 heavy (non-hydrogen) atoms. The molecule has 0 spiro atoms. The molecule has 1 fully saturated rings. The molecule has 1 aliphatic rings. The van der Waals surface area contributed by atoms with Gasteiger partial charge in [-0.3, -0.25) is 67.5 Å². The van der Waals surface area contributed by atoms with Crippen LogP contribution in [0, 0.1) is 0 Å². The van der Waals surface area contributed by atoms with Gasteiger partial charge in [0.15, 0.2) is 5.96 Å². The fraction of sp³-hybridized carbons (Fsp3) is 0.533. The number of aliphatic carboxylic acids is 3. The second-order valence-corrected chi connectivity index (χ2v) is 21.8. The molecule has 8 amide bonds. The number of guanidine groups is 1. The van der Waals surface area contributed by atoms with E-state index in [1.165, 1.54) is 24.1 Å². The maximum Gasteiger partial charge on any atom is 0.317 e. The predicted molar refractivity (Wildman–Crippen MR) is 332 cm³/mol. The molecule has 30 nitrogen and oxygen atoms in total. The fourth-order valence-electron chi connectivity index (χ4n) is 9.74. The number of carboxylic acids is 3. The van der Waals surface area contributed by atoms with E-state index < -0.39 is 78.2 Å². The summed E-state index contributed by atoms with van der Waals surface area (Å²) in [5, 5.41) is 63.9. The van der Waals surface area contributed by atoms with E-state index in [-0.39, 0.29) is 166 Å². The number of aliphatic imine (C=N–C) groups is 1. The number of aromatic hydroxyl groups is 1. The molecule has 4 rings (SSSR count). The van der Waals surface area contributed by atoms with Gasteiger partial charge in [0.25, 0.3) is 0 Å². The molecule has 3 aromatic carbocycles. The van der Waals surface area contributed by atoms with E-state index >= 15 is 0 Å². The van der Waals surface area contributed by atoms with Gasteiger partial charge in [-0.15, -0.1) is 0 Å². The van der Waals surface area contributed by atoms with Crippen LogP contribution < -0.4 is 59.3 Å². The summed E-state index contributed by atoms with van der Waals surface area (Å²) in [6.45, 7) is 0.737. The second-order valence-electron chi connectivity index (χ2n) is 21.8. The predicted octanol–water partition coefficient (Wildman–Crippen LogP) is -2.70. The van der Waals surface area contributed by atoms with Gasteiger partial charge in [0.05, 0.1) is 32.7 Å². The van der Waals surface area contributed by atoms with Crippen molar-refractivity contribution in [2.45, 2.75) is 101 Å². The van der Waals surface area contributed by atoms with Crippen molar-refractivity contribution in [1.29, 1.82) is 0 Å². The van der Waals surface area contributed by atoms with Crippen LogP contribution >= 0.6 is 0 Å². The summed E-state index contributed by atoms with van der Waals surface area (Å²) in [6, 6.07) is 14.2. The van der Waals surface area contributed by atoms with Gasteiger partial charge in [-0.05, 0) is 85.4 Å². The lowest BCUT2D eigenvalue weighted by atomic mass is 10.00. The summed E-state index contributed by atoms with van der Waals surface area (Å²) in [4.78, 5) is 151. The van der Waals surface area contributed by atoms with E-state index in [1.54, 1.807) is 21.9 Å². The lowest BCUT2D eigenvalue weighted by Gasteiger charge is -2.32. The Hall–Kier alpha value is -9.00. The Kier molecular flexibility index (Phi) is 33.1. The standard InChI is InChI=1S/C60H89N15O15/c1-73-48(13-9-24-66-50(78)15-4-6-22-65-49(77)14-5-7-23-67-52(80)38-74(28-26-63-36-53(81)82)30-31-75(39-55(85)86)29-27-64-37-54(83)84)58(89)71-45(12-8-25-68-60(61)62)57(88)72-46(34-41-16-19-42-10-2-3-11-43(42)32-41)56(87)69-35-51(79)70-47(59(73)90)33-40-17-20-44(76)21-18-40/h2-3,10-11,16-21,32,45-48,63-64,76H,4-9,12-15,22-31,33-39H2,1H3,(H,65,77)(H,66,78)(H,67,80)(H,69,87)(H,70,79)(H,71,89)(H,72,88)(H,81,82)(H,83,84)(H,85,86)(H4,61,62,68)/t45-,46-,47+,48+/m0/s1. The van der Waals surface area contributed by atoms with Gasteiger partial charge >= 0.3 is 17.9 Å². The van der Waals surface area contributed by atoms with Gasteiger partial charge in [0.1, 0.15) is 29.9 Å². The highest BCUT2D eigenvalue weighted by atomic mass is 16.4. The first kappa shape index (κ1) is 73.5. The number of unbranched alkanes of at least 4 members (excludes halogenated alkanes) is 2. The zero-order valence-electron chi connectivity index (χ0n) is 51.0. The number of benzene rings is 3. The number of rotatable bonds is 39. The summed E-state index contributed by atoms with van der Waals surface area (Å²) in [5.74, 6) is -7.77. The van der Waals surface area contributed by atoms with Crippen LogP contribution in [0.4, 0.5) is 0 Å². The zero-order valence-corrected chi connectivity index (χ0v) is 51.0. The molecule has 0 unspecified atom stereocenters. The van der Waals surface area contributed by atoms with Gasteiger partial charge in [0.2, 0.25) is 47.3 Å². The molecule has 0 bridgehead atoms. The van der Waals surface area contributed by atoms with Crippen molar-refractivity contribution in [3.63, 3.8) is 0 Å². The van der Waals surface area contributed by atoms with Crippen molar-refractivity contribution in [2.75, 3.05) is 105 Å². The number of nitrogens with two attached hydrogens (primary N) is 2. The molecule has 30 heteroatoms. The third-order valence-electron chi connectivity index (χ3n) is 14.5. The van der Waals surface area contributed by atoms with Crippen molar-refractivity contribution in [1.82, 2.24) is 62.6 Å². The van der Waals surface area contributed by atoms with Crippen LogP contribution in [0.5, 0.6) is 5.75 Å². The van der Waals surface area contributed by atoms with E-state index in [4.69, 9.17) is 21.7 Å². The first-order valence-electron chi connectivity index (χ1n) is 30.1. The number of hydrogen-bond donors (Lipinski definition) is 15. The Morgan fingerprint density at radius 2 is 1.13 bits per heavy atom. The minimum Gasteiger partial charge on any atom is -0.508 e. The van der Waals surface area contributed by atoms with E-state index in [9.17, 15) is 63.0 Å². The first-order chi connectivity index (χ1) is 43.1. The zero-order chi connectivity index (χ0) is 65.8. The molecule has 0 aromatic heterocycles. The molecular weight excluding hydrogens is 1170 g/mol. The highest BCUT2D eigenvalue weighted by molar-refractivity contribution is 5.97. The number of nitrogens with one attached hydrogen (secondary N) is 9. The van der Waals surface area contributed by atoms with Gasteiger partial charge in [-0.25, -0.2) is 0 Å². The Morgan fingerprint density at radius 3 is 1.73 bits per heavy atom. The monoisotopic (exact) mass is 1260 g/mol. The average molecular weight is 1260 g/mol. The normalized spacial score (nSPS) is 16.7. The lowest BCUT2D eigenvalue weighted by molar-refractivity contribution is -0.142. The third-order valence-corrected chi connectivity index (χ3v) is 14.5. The fourth-order valence-corrected chi connectivity index (χ4v) is 9.74. The molecular formula is C60H89N15O15. The quantitative estimate of drug-likeness (QED) is 0.0157. The molecule has 0 radical (unpaired) electrons. The highest BCUT2D eigenvalue weighted by Crippen LogP contribution is 2.19. The van der Waals surface area contributed by atoms with E-state index in [0.29, 0.717) is 43.4 Å². The molecule has 1 saturated heterocycles. The maximum absolute atomic E-state index is 14.6. The number of likely N-dealkylation sites (N-methyl/N-ethyl adjacent to an activating group) is 1. The number of nitrogens with zero attached hydrogens (tertiary/aromatic N) is 4. The van der Waals surface area contributed by atoms with Crippen molar-refractivity contribution in [3.05, 3.63) is 77.9 Å². The molecule has 17 N–H and O–H groups in total. The van der Waals surface area contributed by atoms with Gasteiger partial charge in [0, 0.05) is 98.2 Å². The van der Waals surface area contributed by atoms with E-state index in [0.717, 1.165) is 10.8 Å². The van der Waals surface area contributed by atoms with E-state index in [1.807, 2.05) is 42.5 Å². The van der Waals surface area contributed by atoms with Crippen LogP contribution in [0.25, 0.3) is 10.8 Å². The molecule has 1 aliphatic heterocycles. The largest absolute Gasteiger partial charge is 0.508 e. The Labute approximate surface area is 522 Å². The van der Waals surface area contributed by atoms with Crippen molar-refractivity contribution >= 4 is 81.9 Å². The number of phenols is 1. The van der Waals surface area contributed by atoms with Crippen LogP contribution in [-0.2, 0) is 65.6 Å². The third kappa shape index (κ3) is 29.8. The molecule has 0 saturated carbocycles. The summed E-state index contributed by atoms with van der Waals surface area (Å²) >= 11 is 0. The van der Waals surface area contributed by atoms with Gasteiger partial charge < -0.3 is 84.6 Å². The number of hydrogen-bond acceptors (Lipinski definition) is 17. The minimum absolute atomic E-state index is 0.00995. The number of carbonyl (C=O) groups is 11. The van der Waals surface area contributed by atoms with Crippen LogP contribution in [-0.4, -0.2) is 236 Å². The number of phenolic OH excluding ortho intramolecular Hbond substituents is 1. The summed E-state index contributed by atoms with van der Waals surface area (Å²) in [6.07, 6.45) is 2.52. The summed E-state index contributed by atoms with van der Waals surface area (Å²) < 4.78 is 0. The highest BCUT2D eigenvalue weighted by Gasteiger charge is 2.36. The Morgan fingerprint density at radius 1 is 0.578 bits per heavy atom. The number of carboxylic acid groups (broad SMARTS) is 3. The van der Waals surface area contributed by atoms with Crippen LogP contribution in [0.2, 0.25) is 0 Å². The number of fused-ring (bicyclic) bond motifs is 1. The lowest BCUT2D eigenvalue weighted by Crippen LogP contribution is -2.58. The van der Waals surface area contributed by atoms with Crippen LogP contribution in [0.3, 0.4) is 0 Å². The van der Waals surface area contributed by atoms with Crippen LogP contribution in [0.15, 0.2) is 71.7 Å². The van der Waals surface area contributed by atoms with Crippen molar-refractivity contribution in [2.24, 2.45) is 16.5 Å². The maximum atomic E-state index is 14.6. The van der Waals surface area contributed by atoms with Gasteiger partial charge in [-0.2, -0.15) is 0 Å². The van der Waals surface area contributed by atoms with E-state index in [2.05, 4.69) is 52.8 Å². The smallest absolute Gasteiger partial charge is 0.317 e. The molecule has 3 aromatic rings. The first-order valence-corrected chi connectivity index (χ1v) is 30.1. The second kappa shape index (κ2) is 40.5.